The van der Waals surface area contributed by atoms with Crippen molar-refractivity contribution in [2.24, 2.45) is 0 Å². The summed E-state index contributed by atoms with van der Waals surface area (Å²) in [5.41, 5.74) is 2.61. The molecule has 1 unspecified atom stereocenters. The first-order valence-electron chi connectivity index (χ1n) is 8.44. The van der Waals surface area contributed by atoms with Gasteiger partial charge in [0, 0.05) is 31.6 Å². The lowest BCUT2D eigenvalue weighted by Gasteiger charge is -2.29. The molecule has 5 nitrogen and oxygen atoms in total. The second-order valence-electron chi connectivity index (χ2n) is 6.14. The Morgan fingerprint density at radius 3 is 3.09 bits per heavy atom. The summed E-state index contributed by atoms with van der Waals surface area (Å²) in [5.74, 6) is 1.64. The maximum Gasteiger partial charge on any atom is 0.231 e. The Morgan fingerprint density at radius 1 is 1.22 bits per heavy atom. The number of hydrogen-bond acceptors (Lipinski definition) is 5. The van der Waals surface area contributed by atoms with E-state index >= 15 is 0 Å². The fraction of sp³-hybridized carbons (Fsp3) is 0.444. The van der Waals surface area contributed by atoms with Crippen molar-refractivity contribution in [3.8, 4) is 0 Å². The van der Waals surface area contributed by atoms with Crippen LogP contribution in [0.5, 0.6) is 0 Å². The lowest BCUT2D eigenvalue weighted by atomic mass is 10.0. The minimum absolute atomic E-state index is 0.309. The van der Waals surface area contributed by atoms with Gasteiger partial charge in [-0.15, -0.1) is 0 Å². The molecular weight excluding hydrogens is 288 g/mol. The molecule has 2 aromatic rings. The molecule has 120 valence electrons. The second-order valence-corrected chi connectivity index (χ2v) is 6.14. The quantitative estimate of drug-likeness (QED) is 0.940. The van der Waals surface area contributed by atoms with Crippen LogP contribution in [-0.2, 0) is 11.2 Å². The molecule has 3 heterocycles. The average molecular weight is 310 g/mol. The Hall–Kier alpha value is -2.14. The first kappa shape index (κ1) is 14.5. The summed E-state index contributed by atoms with van der Waals surface area (Å²) in [6.45, 7) is 2.66. The van der Waals surface area contributed by atoms with E-state index in [0.29, 0.717) is 6.10 Å². The van der Waals surface area contributed by atoms with Gasteiger partial charge >= 0.3 is 0 Å². The molecule has 2 aliphatic heterocycles. The number of hydrogen-bond donors (Lipinski definition) is 1. The molecule has 1 fully saturated rings. The predicted molar refractivity (Wildman–Crippen MR) is 91.3 cm³/mol. The average Bonchev–Trinajstić information content (AvgIpc) is 3.13. The van der Waals surface area contributed by atoms with E-state index in [9.17, 15) is 0 Å². The third-order valence-electron chi connectivity index (χ3n) is 4.53. The van der Waals surface area contributed by atoms with E-state index in [2.05, 4.69) is 39.5 Å². The van der Waals surface area contributed by atoms with Crippen LogP contribution in [0, 0.1) is 0 Å². The summed E-state index contributed by atoms with van der Waals surface area (Å²) >= 11 is 0. The number of rotatable bonds is 4. The largest absolute Gasteiger partial charge is 0.376 e. The summed E-state index contributed by atoms with van der Waals surface area (Å²) in [6, 6.07) is 10.5. The van der Waals surface area contributed by atoms with Gasteiger partial charge in [-0.25, -0.2) is 4.98 Å². The third kappa shape index (κ3) is 3.15. The number of para-hydroxylation sites is 1. The highest BCUT2D eigenvalue weighted by Gasteiger charge is 2.20. The van der Waals surface area contributed by atoms with E-state index in [1.54, 1.807) is 0 Å². The Kier molecular flexibility index (Phi) is 4.11. The molecule has 0 spiro atoms. The fourth-order valence-corrected chi connectivity index (χ4v) is 3.34. The van der Waals surface area contributed by atoms with Gasteiger partial charge in [0.2, 0.25) is 5.95 Å². The van der Waals surface area contributed by atoms with E-state index in [0.717, 1.165) is 57.1 Å². The zero-order valence-corrected chi connectivity index (χ0v) is 13.2. The van der Waals surface area contributed by atoms with Crippen molar-refractivity contribution in [3.05, 3.63) is 42.1 Å². The van der Waals surface area contributed by atoms with Crippen LogP contribution < -0.4 is 10.2 Å². The van der Waals surface area contributed by atoms with Crippen LogP contribution in [0.3, 0.4) is 0 Å². The minimum atomic E-state index is 0.309. The summed E-state index contributed by atoms with van der Waals surface area (Å²) in [4.78, 5) is 11.4. The molecule has 23 heavy (non-hydrogen) atoms. The second kappa shape index (κ2) is 6.54. The van der Waals surface area contributed by atoms with Crippen LogP contribution in [0.1, 0.15) is 24.8 Å². The van der Waals surface area contributed by atoms with Crippen LogP contribution in [0.25, 0.3) is 0 Å². The van der Waals surface area contributed by atoms with Crippen LogP contribution in [0.15, 0.2) is 36.5 Å². The maximum atomic E-state index is 5.65. The highest BCUT2D eigenvalue weighted by molar-refractivity contribution is 5.64. The minimum Gasteiger partial charge on any atom is -0.376 e. The number of ether oxygens (including phenoxy) is 1. The van der Waals surface area contributed by atoms with Gasteiger partial charge in [0.05, 0.1) is 6.10 Å². The van der Waals surface area contributed by atoms with Gasteiger partial charge in [-0.05, 0) is 43.4 Å². The maximum absolute atomic E-state index is 5.65. The molecular formula is C18H22N4O. The Labute approximate surface area is 136 Å². The van der Waals surface area contributed by atoms with E-state index in [1.165, 1.54) is 11.3 Å². The van der Waals surface area contributed by atoms with Gasteiger partial charge in [0.1, 0.15) is 5.82 Å². The number of benzene rings is 1. The van der Waals surface area contributed by atoms with E-state index in [4.69, 9.17) is 9.72 Å². The van der Waals surface area contributed by atoms with E-state index in [1.807, 2.05) is 12.3 Å². The normalized spacial score (nSPS) is 20.3. The topological polar surface area (TPSA) is 50.3 Å². The highest BCUT2D eigenvalue weighted by Crippen LogP contribution is 2.31. The number of aryl methyl sites for hydroxylation is 1. The molecule has 0 bridgehead atoms. The molecule has 1 aromatic carbocycles. The number of nitrogens with one attached hydrogen (secondary N) is 1. The zero-order valence-electron chi connectivity index (χ0n) is 13.2. The first-order valence-corrected chi connectivity index (χ1v) is 8.44. The molecule has 1 aromatic heterocycles. The van der Waals surface area contributed by atoms with Gasteiger partial charge in [-0.2, -0.15) is 4.98 Å². The molecule has 0 radical (unpaired) electrons. The van der Waals surface area contributed by atoms with Gasteiger partial charge in [-0.3, -0.25) is 0 Å². The molecule has 1 atom stereocenters. The molecule has 1 N–H and O–H groups in total. The fourth-order valence-electron chi connectivity index (χ4n) is 3.34. The summed E-state index contributed by atoms with van der Waals surface area (Å²) in [5, 5.41) is 3.39. The van der Waals surface area contributed by atoms with Crippen LogP contribution in [0.4, 0.5) is 17.5 Å². The van der Waals surface area contributed by atoms with Gasteiger partial charge < -0.3 is 15.0 Å². The summed E-state index contributed by atoms with van der Waals surface area (Å²) in [6.07, 6.45) is 6.69. The molecule has 1 saturated heterocycles. The molecule has 0 saturated carbocycles. The van der Waals surface area contributed by atoms with Crippen LogP contribution in [-0.4, -0.2) is 35.8 Å². The number of nitrogens with zero attached hydrogens (tertiary/aromatic N) is 3. The van der Waals surface area contributed by atoms with Gasteiger partial charge in [-0.1, -0.05) is 18.2 Å². The SMILES string of the molecule is c1ccc2c(c1)CCCN2c1nccc(NCC2CCCO2)n1. The number of fused-ring (bicyclic) bond motifs is 1. The number of aromatic nitrogens is 2. The Balaban J connectivity index is 1.52. The Morgan fingerprint density at radius 2 is 2.17 bits per heavy atom. The van der Waals surface area contributed by atoms with Gasteiger partial charge in [0.25, 0.3) is 0 Å². The van der Waals surface area contributed by atoms with Crippen molar-refractivity contribution in [2.45, 2.75) is 31.8 Å². The van der Waals surface area contributed by atoms with Crippen LogP contribution >= 0.6 is 0 Å². The smallest absolute Gasteiger partial charge is 0.231 e. The van der Waals surface area contributed by atoms with E-state index < -0.39 is 0 Å². The first-order chi connectivity index (χ1) is 11.4. The highest BCUT2D eigenvalue weighted by atomic mass is 16.5. The molecule has 5 heteroatoms. The molecule has 0 aliphatic carbocycles. The zero-order chi connectivity index (χ0) is 15.5. The van der Waals surface area contributed by atoms with Crippen molar-refractivity contribution in [1.29, 1.82) is 0 Å². The van der Waals surface area contributed by atoms with Crippen molar-refractivity contribution in [3.63, 3.8) is 0 Å². The Bertz CT molecular complexity index is 670. The third-order valence-corrected chi connectivity index (χ3v) is 4.53. The predicted octanol–water partition coefficient (Wildman–Crippen LogP) is 3.15. The molecule has 0 amide bonds. The monoisotopic (exact) mass is 310 g/mol. The van der Waals surface area contributed by atoms with E-state index in [-0.39, 0.29) is 0 Å². The van der Waals surface area contributed by atoms with Gasteiger partial charge in [0.15, 0.2) is 0 Å². The van der Waals surface area contributed by atoms with Crippen molar-refractivity contribution in [2.75, 3.05) is 29.9 Å². The lowest BCUT2D eigenvalue weighted by Crippen LogP contribution is -2.26. The standard InChI is InChI=1S/C18H22N4O/c1-2-8-16-14(5-1)6-3-11-22(16)18-19-10-9-17(21-18)20-13-15-7-4-12-23-15/h1-2,5,8-10,15H,3-4,6-7,11-13H2,(H,19,20,21). The molecule has 2 aliphatic rings. The lowest BCUT2D eigenvalue weighted by molar-refractivity contribution is 0.120. The van der Waals surface area contributed by atoms with Crippen molar-refractivity contribution >= 4 is 17.5 Å². The van der Waals surface area contributed by atoms with Crippen molar-refractivity contribution < 1.29 is 4.74 Å². The summed E-state index contributed by atoms with van der Waals surface area (Å²) in [7, 11) is 0. The summed E-state index contributed by atoms with van der Waals surface area (Å²) < 4.78 is 5.65. The number of anilines is 3. The van der Waals surface area contributed by atoms with Crippen molar-refractivity contribution in [1.82, 2.24) is 9.97 Å². The van der Waals surface area contributed by atoms with Crippen LogP contribution in [0.2, 0.25) is 0 Å². The molecule has 4 rings (SSSR count).